The molecule has 144 valence electrons. The van der Waals surface area contributed by atoms with E-state index < -0.39 is 22.0 Å². The van der Waals surface area contributed by atoms with Crippen molar-refractivity contribution in [1.82, 2.24) is 9.62 Å². The number of rotatable bonds is 6. The Bertz CT molecular complexity index is 798. The number of nitrogens with zero attached hydrogens (tertiary/aromatic N) is 1. The molecular formula is C16H21ClN2O5S2. The quantitative estimate of drug-likeness (QED) is 0.707. The van der Waals surface area contributed by atoms with Gasteiger partial charge in [-0.05, 0) is 24.1 Å². The number of carbonyl (C=O) groups is 2. The van der Waals surface area contributed by atoms with Crippen molar-refractivity contribution < 1.29 is 22.7 Å². The first kappa shape index (κ1) is 21.0. The Hall–Kier alpha value is -1.29. The minimum atomic E-state index is -4.05. The molecule has 0 radical (unpaired) electrons. The number of halogens is 1. The van der Waals surface area contributed by atoms with Crippen molar-refractivity contribution in [1.29, 1.82) is 0 Å². The van der Waals surface area contributed by atoms with Crippen molar-refractivity contribution in [3.63, 3.8) is 0 Å². The molecule has 0 spiro atoms. The number of thioether (sulfide) groups is 1. The van der Waals surface area contributed by atoms with Crippen LogP contribution in [0.1, 0.15) is 24.2 Å². The van der Waals surface area contributed by atoms with E-state index in [1.807, 2.05) is 13.8 Å². The van der Waals surface area contributed by atoms with Crippen molar-refractivity contribution >= 4 is 45.3 Å². The standard InChI is InChI=1S/C16H21ClN2O5S2/c1-10(2)7-18-15(20)13-8-25-9-19(13)26(22,23)14-6-11(16(21)24-3)4-5-12(14)17/h4-6,10,13H,7-9H2,1-3H3,(H,18,20). The molecule has 2 rings (SSSR count). The first-order valence-corrected chi connectivity index (χ1v) is 10.9. The second-order valence-electron chi connectivity index (χ2n) is 6.18. The molecule has 7 nitrogen and oxygen atoms in total. The Labute approximate surface area is 162 Å². The molecular weight excluding hydrogens is 400 g/mol. The average molecular weight is 421 g/mol. The van der Waals surface area contributed by atoms with Crippen molar-refractivity contribution in [3.8, 4) is 0 Å². The van der Waals surface area contributed by atoms with E-state index in [2.05, 4.69) is 10.1 Å². The van der Waals surface area contributed by atoms with Gasteiger partial charge in [-0.2, -0.15) is 4.31 Å². The van der Waals surface area contributed by atoms with E-state index in [1.54, 1.807) is 0 Å². The molecule has 0 aromatic heterocycles. The normalized spacial score (nSPS) is 18.1. The number of methoxy groups -OCH3 is 1. The summed E-state index contributed by atoms with van der Waals surface area (Å²) in [5, 5.41) is 2.75. The predicted molar refractivity (Wildman–Crippen MR) is 101 cm³/mol. The molecule has 10 heteroatoms. The van der Waals surface area contributed by atoms with Crippen LogP contribution in [0, 0.1) is 5.92 Å². The van der Waals surface area contributed by atoms with Crippen LogP contribution in [-0.4, -0.2) is 55.9 Å². The van der Waals surface area contributed by atoms with Gasteiger partial charge < -0.3 is 10.1 Å². The summed E-state index contributed by atoms with van der Waals surface area (Å²) in [7, 11) is -2.85. The number of nitrogens with one attached hydrogen (secondary N) is 1. The maximum Gasteiger partial charge on any atom is 0.337 e. The highest BCUT2D eigenvalue weighted by molar-refractivity contribution is 8.00. The van der Waals surface area contributed by atoms with Crippen LogP contribution in [0.25, 0.3) is 0 Å². The van der Waals surface area contributed by atoms with Gasteiger partial charge in [-0.15, -0.1) is 11.8 Å². The van der Waals surface area contributed by atoms with Crippen molar-refractivity contribution in [3.05, 3.63) is 28.8 Å². The van der Waals surface area contributed by atoms with Gasteiger partial charge in [-0.3, -0.25) is 4.79 Å². The molecule has 1 atom stereocenters. The van der Waals surface area contributed by atoms with Crippen LogP contribution in [0.15, 0.2) is 23.1 Å². The van der Waals surface area contributed by atoms with Crippen LogP contribution in [0.5, 0.6) is 0 Å². The highest BCUT2D eigenvalue weighted by Gasteiger charge is 2.41. The van der Waals surface area contributed by atoms with E-state index >= 15 is 0 Å². The SMILES string of the molecule is COC(=O)c1ccc(Cl)c(S(=O)(=O)N2CSCC2C(=O)NCC(C)C)c1. The summed E-state index contributed by atoms with van der Waals surface area (Å²) in [6, 6.07) is 3.08. The summed E-state index contributed by atoms with van der Waals surface area (Å²) in [6.07, 6.45) is 0. The van der Waals surface area contributed by atoms with E-state index in [9.17, 15) is 18.0 Å². The third kappa shape index (κ3) is 4.51. The molecule has 1 saturated heterocycles. The first-order valence-electron chi connectivity index (χ1n) is 7.93. The van der Waals surface area contributed by atoms with E-state index in [4.69, 9.17) is 11.6 Å². The number of esters is 1. The van der Waals surface area contributed by atoms with Crippen molar-refractivity contribution in [2.45, 2.75) is 24.8 Å². The summed E-state index contributed by atoms with van der Waals surface area (Å²) in [6.45, 7) is 4.37. The van der Waals surface area contributed by atoms with Crippen LogP contribution in [0.3, 0.4) is 0 Å². The highest BCUT2D eigenvalue weighted by Crippen LogP contribution is 2.32. The number of hydrogen-bond acceptors (Lipinski definition) is 6. The fourth-order valence-corrected chi connectivity index (χ4v) is 6.02. The molecule has 26 heavy (non-hydrogen) atoms. The number of hydrogen-bond donors (Lipinski definition) is 1. The molecule has 0 saturated carbocycles. The topological polar surface area (TPSA) is 92.8 Å². The second-order valence-corrected chi connectivity index (χ2v) is 9.45. The molecule has 1 unspecified atom stereocenters. The molecule has 1 N–H and O–H groups in total. The van der Waals surface area contributed by atoms with Gasteiger partial charge in [0.2, 0.25) is 15.9 Å². The third-order valence-electron chi connectivity index (χ3n) is 3.77. The monoisotopic (exact) mass is 420 g/mol. The van der Waals surface area contributed by atoms with Gasteiger partial charge in [0.05, 0.1) is 23.6 Å². The zero-order chi connectivity index (χ0) is 19.5. The van der Waals surface area contributed by atoms with Crippen LogP contribution in [-0.2, 0) is 19.6 Å². The van der Waals surface area contributed by atoms with Gasteiger partial charge in [0.15, 0.2) is 0 Å². The lowest BCUT2D eigenvalue weighted by Crippen LogP contribution is -2.47. The van der Waals surface area contributed by atoms with Crippen molar-refractivity contribution in [2.75, 3.05) is 25.3 Å². The van der Waals surface area contributed by atoms with Crippen LogP contribution in [0.4, 0.5) is 0 Å². The summed E-state index contributed by atoms with van der Waals surface area (Å²) in [5.41, 5.74) is 0.0723. The van der Waals surface area contributed by atoms with Gasteiger partial charge in [0.1, 0.15) is 10.9 Å². The van der Waals surface area contributed by atoms with Gasteiger partial charge in [-0.1, -0.05) is 25.4 Å². The zero-order valence-corrected chi connectivity index (χ0v) is 17.1. The lowest BCUT2D eigenvalue weighted by molar-refractivity contribution is -0.123. The summed E-state index contributed by atoms with van der Waals surface area (Å²) >= 11 is 7.42. The molecule has 1 heterocycles. The smallest absolute Gasteiger partial charge is 0.337 e. The van der Waals surface area contributed by atoms with Crippen molar-refractivity contribution in [2.24, 2.45) is 5.92 Å². The van der Waals surface area contributed by atoms with Gasteiger partial charge >= 0.3 is 5.97 Å². The summed E-state index contributed by atoms with van der Waals surface area (Å²) in [4.78, 5) is 23.9. The van der Waals surface area contributed by atoms with Crippen LogP contribution >= 0.6 is 23.4 Å². The maximum absolute atomic E-state index is 13.1. The Balaban J connectivity index is 2.34. The first-order chi connectivity index (χ1) is 12.2. The fraction of sp³-hybridized carbons (Fsp3) is 0.500. The highest BCUT2D eigenvalue weighted by atomic mass is 35.5. The Kier molecular flexibility index (Phi) is 6.95. The maximum atomic E-state index is 13.1. The molecule has 1 amide bonds. The molecule has 1 aliphatic rings. The lowest BCUT2D eigenvalue weighted by atomic mass is 10.2. The van der Waals surface area contributed by atoms with Gasteiger partial charge in [0, 0.05) is 12.3 Å². The number of ether oxygens (including phenoxy) is 1. The number of sulfonamides is 1. The van der Waals surface area contributed by atoms with E-state index in [0.717, 1.165) is 4.31 Å². The lowest BCUT2D eigenvalue weighted by Gasteiger charge is -2.23. The minimum absolute atomic E-state index is 0.0177. The third-order valence-corrected chi connectivity index (χ3v) is 7.28. The average Bonchev–Trinajstić information content (AvgIpc) is 3.09. The molecule has 0 bridgehead atoms. The fourth-order valence-electron chi connectivity index (χ4n) is 2.37. The Morgan fingerprint density at radius 1 is 1.42 bits per heavy atom. The Morgan fingerprint density at radius 2 is 2.12 bits per heavy atom. The van der Waals surface area contributed by atoms with Crippen LogP contribution < -0.4 is 5.32 Å². The molecule has 1 aliphatic heterocycles. The number of amides is 1. The van der Waals surface area contributed by atoms with Gasteiger partial charge in [-0.25, -0.2) is 13.2 Å². The summed E-state index contributed by atoms with van der Waals surface area (Å²) < 4.78 is 31.9. The zero-order valence-electron chi connectivity index (χ0n) is 14.7. The van der Waals surface area contributed by atoms with Gasteiger partial charge in [0.25, 0.3) is 0 Å². The predicted octanol–water partition coefficient (Wildman–Crippen LogP) is 1.96. The number of carbonyl (C=O) groups excluding carboxylic acids is 2. The van der Waals surface area contributed by atoms with E-state index in [1.165, 1.54) is 37.1 Å². The molecule has 1 fully saturated rings. The Morgan fingerprint density at radius 3 is 2.73 bits per heavy atom. The van der Waals surface area contributed by atoms with E-state index in [-0.39, 0.29) is 33.2 Å². The van der Waals surface area contributed by atoms with Crippen LogP contribution in [0.2, 0.25) is 5.02 Å². The summed E-state index contributed by atoms with van der Waals surface area (Å²) in [5.74, 6) is -0.255. The van der Waals surface area contributed by atoms with E-state index in [0.29, 0.717) is 12.3 Å². The second kappa shape index (κ2) is 8.60. The largest absolute Gasteiger partial charge is 0.465 e. The molecule has 1 aromatic carbocycles. The molecule has 0 aliphatic carbocycles. The molecule has 1 aromatic rings. The minimum Gasteiger partial charge on any atom is -0.465 e. The number of benzene rings is 1.